The maximum Gasteiger partial charge on any atom is 0.417 e. The number of amides is 2. The number of carbonyl (C=O) groups excluding carboxylic acids is 2. The van der Waals surface area contributed by atoms with Crippen LogP contribution in [0.2, 0.25) is 0 Å². The van der Waals surface area contributed by atoms with Crippen LogP contribution < -0.4 is 21.1 Å². The number of fused-ring (bicyclic) bond motifs is 1. The van der Waals surface area contributed by atoms with Crippen molar-refractivity contribution in [1.82, 2.24) is 40.4 Å². The van der Waals surface area contributed by atoms with E-state index in [9.17, 15) is 22.8 Å². The number of anilines is 1. The zero-order chi connectivity index (χ0) is 27.1. The van der Waals surface area contributed by atoms with Gasteiger partial charge in [0.2, 0.25) is 11.8 Å². The van der Waals surface area contributed by atoms with Crippen LogP contribution in [0, 0.1) is 5.92 Å². The minimum atomic E-state index is -4.49. The summed E-state index contributed by atoms with van der Waals surface area (Å²) in [5, 5.41) is 2.84. The highest BCUT2D eigenvalue weighted by Gasteiger charge is 2.40. The molecule has 11 nitrogen and oxygen atoms in total. The number of halogens is 3. The van der Waals surface area contributed by atoms with Gasteiger partial charge in [0.25, 0.3) is 0 Å². The second kappa shape index (κ2) is 10.1. The van der Waals surface area contributed by atoms with Gasteiger partial charge in [0.15, 0.2) is 5.82 Å². The predicted octanol–water partition coefficient (Wildman–Crippen LogP) is 1.22. The minimum absolute atomic E-state index is 0.0609. The first-order chi connectivity index (χ1) is 18.8. The molecule has 39 heavy (non-hydrogen) atoms. The number of aromatic nitrogens is 4. The molecule has 3 aliphatic rings. The van der Waals surface area contributed by atoms with Gasteiger partial charge >= 0.3 is 6.18 Å². The Morgan fingerprint density at radius 3 is 2.67 bits per heavy atom. The fraction of sp³-hybridized carbons (Fsp3) is 0.480. The molecule has 3 aromatic heterocycles. The van der Waals surface area contributed by atoms with E-state index in [-0.39, 0.29) is 29.6 Å². The Balaban J connectivity index is 1.27. The molecular formula is C25H28F3N9O2. The Hall–Kier alpha value is -3.78. The fourth-order valence-corrected chi connectivity index (χ4v) is 5.60. The van der Waals surface area contributed by atoms with Gasteiger partial charge in [0.05, 0.1) is 17.8 Å². The number of hydrazine groups is 1. The molecule has 0 unspecified atom stereocenters. The van der Waals surface area contributed by atoms with Crippen LogP contribution in [0.4, 0.5) is 19.0 Å². The van der Waals surface area contributed by atoms with Gasteiger partial charge in [0.1, 0.15) is 23.2 Å². The first kappa shape index (κ1) is 25.5. The highest BCUT2D eigenvalue weighted by molar-refractivity contribution is 5.89. The summed E-state index contributed by atoms with van der Waals surface area (Å²) in [5.74, 6) is 0.862. The normalized spacial score (nSPS) is 22.9. The van der Waals surface area contributed by atoms with E-state index in [0.29, 0.717) is 69.1 Å². The predicted molar refractivity (Wildman–Crippen MR) is 134 cm³/mol. The highest BCUT2D eigenvalue weighted by Crippen LogP contribution is 2.31. The summed E-state index contributed by atoms with van der Waals surface area (Å²) >= 11 is 0. The average Bonchev–Trinajstić information content (AvgIpc) is 3.62. The highest BCUT2D eigenvalue weighted by atomic mass is 19.4. The lowest BCUT2D eigenvalue weighted by molar-refractivity contribution is -0.141. The van der Waals surface area contributed by atoms with Crippen LogP contribution in [-0.4, -0.2) is 80.9 Å². The molecule has 3 aromatic rings. The van der Waals surface area contributed by atoms with E-state index in [2.05, 4.69) is 31.0 Å². The van der Waals surface area contributed by atoms with E-state index in [0.717, 1.165) is 12.3 Å². The van der Waals surface area contributed by atoms with Crippen molar-refractivity contribution in [1.29, 1.82) is 0 Å². The molecule has 3 N–H and O–H groups in total. The molecule has 0 radical (unpaired) electrons. The number of carbonyl (C=O) groups is 2. The second-order valence-corrected chi connectivity index (χ2v) is 10.1. The third-order valence-electron chi connectivity index (χ3n) is 7.66. The van der Waals surface area contributed by atoms with E-state index in [1.54, 1.807) is 12.3 Å². The zero-order valence-electron chi connectivity index (χ0n) is 21.0. The van der Waals surface area contributed by atoms with Crippen molar-refractivity contribution in [3.63, 3.8) is 0 Å². The molecule has 3 aliphatic heterocycles. The van der Waals surface area contributed by atoms with E-state index in [1.807, 2.05) is 4.90 Å². The number of piperidine rings is 1. The van der Waals surface area contributed by atoms with E-state index < -0.39 is 17.8 Å². The van der Waals surface area contributed by atoms with Crippen molar-refractivity contribution in [3.8, 4) is 11.5 Å². The van der Waals surface area contributed by atoms with Gasteiger partial charge < -0.3 is 15.1 Å². The van der Waals surface area contributed by atoms with Gasteiger partial charge in [-0.25, -0.2) is 15.0 Å². The quantitative estimate of drug-likeness (QED) is 0.450. The number of hydrogen-bond acceptors (Lipinski definition) is 8. The van der Waals surface area contributed by atoms with Crippen molar-refractivity contribution in [2.45, 2.75) is 37.5 Å². The standard InChI is InChI=1S/C25H28F3N9O2/c26-25(27,28)16-4-5-20-30-12-18(37(20)13-16)23-29-7-6-21(34-23)35-8-9-36(19(14-35)15-10-31-32-11-15)24(39)17-2-1-3-22(38)33-17/h4-7,12-13,15,17,19,31-32H,1-3,8-11,14H2,(H,33,38)/t17-,19+/m0/s1. The molecule has 14 heteroatoms. The second-order valence-electron chi connectivity index (χ2n) is 10.1. The smallest absolute Gasteiger partial charge is 0.353 e. The summed E-state index contributed by atoms with van der Waals surface area (Å²) in [5.41, 5.74) is 6.19. The fourth-order valence-electron chi connectivity index (χ4n) is 5.60. The van der Waals surface area contributed by atoms with E-state index in [1.165, 1.54) is 16.7 Å². The number of hydrogen-bond donors (Lipinski definition) is 3. The largest absolute Gasteiger partial charge is 0.417 e. The van der Waals surface area contributed by atoms with Gasteiger partial charge in [-0.2, -0.15) is 13.2 Å². The van der Waals surface area contributed by atoms with Gasteiger partial charge in [-0.15, -0.1) is 0 Å². The molecule has 3 fully saturated rings. The third-order valence-corrected chi connectivity index (χ3v) is 7.66. The van der Waals surface area contributed by atoms with E-state index >= 15 is 0 Å². The summed E-state index contributed by atoms with van der Waals surface area (Å²) in [7, 11) is 0. The topological polar surface area (TPSA) is 120 Å². The van der Waals surface area contributed by atoms with Gasteiger partial charge in [-0.05, 0) is 31.0 Å². The Labute approximate surface area is 221 Å². The van der Waals surface area contributed by atoms with Crippen molar-refractivity contribution >= 4 is 23.3 Å². The van der Waals surface area contributed by atoms with Gasteiger partial charge in [-0.3, -0.25) is 24.8 Å². The van der Waals surface area contributed by atoms with Crippen molar-refractivity contribution in [2.24, 2.45) is 5.92 Å². The molecule has 0 bridgehead atoms. The molecule has 2 amide bonds. The van der Waals surface area contributed by atoms with Crippen LogP contribution >= 0.6 is 0 Å². The summed E-state index contributed by atoms with van der Waals surface area (Å²) < 4.78 is 41.3. The summed E-state index contributed by atoms with van der Waals surface area (Å²) in [6.07, 6.45) is 1.31. The van der Waals surface area contributed by atoms with Crippen molar-refractivity contribution < 1.29 is 22.8 Å². The molecule has 206 valence electrons. The molecule has 6 rings (SSSR count). The SMILES string of the molecule is O=C1CCC[C@@H](C(=O)N2CCN(c3ccnc(-c4cnc5ccc(C(F)(F)F)cn45)n3)C[C@@H]2C2CNNC2)N1. The lowest BCUT2D eigenvalue weighted by Gasteiger charge is -2.45. The maximum absolute atomic E-state index is 13.5. The maximum atomic E-state index is 13.5. The summed E-state index contributed by atoms with van der Waals surface area (Å²) in [6.45, 7) is 2.87. The molecule has 0 aliphatic carbocycles. The van der Waals surface area contributed by atoms with Crippen molar-refractivity contribution in [3.05, 3.63) is 42.4 Å². The van der Waals surface area contributed by atoms with Crippen LogP contribution in [0.5, 0.6) is 0 Å². The number of piperazine rings is 1. The number of nitrogens with one attached hydrogen (secondary N) is 3. The molecular weight excluding hydrogens is 515 g/mol. The third kappa shape index (κ3) is 5.01. The molecule has 0 spiro atoms. The Bertz CT molecular complexity index is 1390. The molecule has 0 saturated carbocycles. The Kier molecular flexibility index (Phi) is 6.59. The van der Waals surface area contributed by atoms with Gasteiger partial charge in [0, 0.05) is 57.5 Å². The monoisotopic (exact) mass is 543 g/mol. The first-order valence-electron chi connectivity index (χ1n) is 13.0. The van der Waals surface area contributed by atoms with Gasteiger partial charge in [-0.1, -0.05) is 0 Å². The number of alkyl halides is 3. The van der Waals surface area contributed by atoms with Crippen LogP contribution in [0.1, 0.15) is 24.8 Å². The van der Waals surface area contributed by atoms with Crippen LogP contribution in [0.15, 0.2) is 36.8 Å². The Morgan fingerprint density at radius 1 is 1.08 bits per heavy atom. The first-order valence-corrected chi connectivity index (χ1v) is 13.0. The summed E-state index contributed by atoms with van der Waals surface area (Å²) in [4.78, 5) is 42.6. The molecule has 0 aromatic carbocycles. The molecule has 6 heterocycles. The number of pyridine rings is 1. The minimum Gasteiger partial charge on any atom is -0.353 e. The Morgan fingerprint density at radius 2 is 1.90 bits per heavy atom. The van der Waals surface area contributed by atoms with Crippen LogP contribution in [-0.2, 0) is 15.8 Å². The number of imidazole rings is 1. The number of rotatable bonds is 4. The zero-order valence-corrected chi connectivity index (χ0v) is 21.0. The lowest BCUT2D eigenvalue weighted by atomic mass is 9.94. The van der Waals surface area contributed by atoms with Crippen LogP contribution in [0.3, 0.4) is 0 Å². The van der Waals surface area contributed by atoms with E-state index in [4.69, 9.17) is 4.98 Å². The molecule has 2 atom stereocenters. The lowest BCUT2D eigenvalue weighted by Crippen LogP contribution is -2.62. The van der Waals surface area contributed by atoms with Crippen LogP contribution in [0.25, 0.3) is 17.2 Å². The molecule has 3 saturated heterocycles. The average molecular weight is 544 g/mol. The van der Waals surface area contributed by atoms with Crippen molar-refractivity contribution in [2.75, 3.05) is 37.6 Å². The summed E-state index contributed by atoms with van der Waals surface area (Å²) in [6, 6.07) is 3.43. The number of nitrogens with zero attached hydrogens (tertiary/aromatic N) is 6.